The van der Waals surface area contributed by atoms with Gasteiger partial charge in [0.1, 0.15) is 0 Å². The predicted octanol–water partition coefficient (Wildman–Crippen LogP) is 2.81. The molecule has 0 radical (unpaired) electrons. The van der Waals surface area contributed by atoms with Crippen LogP contribution in [0.4, 0.5) is 0 Å². The van der Waals surface area contributed by atoms with E-state index in [4.69, 9.17) is 4.65 Å². The summed E-state index contributed by atoms with van der Waals surface area (Å²) in [6.07, 6.45) is 1.45. The van der Waals surface area contributed by atoms with Crippen LogP contribution in [0.3, 0.4) is 0 Å². The van der Waals surface area contributed by atoms with Gasteiger partial charge in [-0.1, -0.05) is 44.9 Å². The second-order valence-electron chi connectivity index (χ2n) is 5.87. The molecular formula is C15H26BNO. The summed E-state index contributed by atoms with van der Waals surface area (Å²) in [5.41, 5.74) is 2.77. The molecule has 1 atom stereocenters. The Labute approximate surface area is 112 Å². The van der Waals surface area contributed by atoms with E-state index in [2.05, 4.69) is 44.9 Å². The van der Waals surface area contributed by atoms with Crippen molar-refractivity contribution in [1.29, 1.82) is 0 Å². The molecule has 0 bridgehead atoms. The maximum atomic E-state index is 5.94. The Kier molecular flexibility index (Phi) is 5.90. The van der Waals surface area contributed by atoms with E-state index in [9.17, 15) is 0 Å². The summed E-state index contributed by atoms with van der Waals surface area (Å²) in [6, 6.07) is 8.58. The molecule has 0 fully saturated rings. The van der Waals surface area contributed by atoms with Crippen molar-refractivity contribution >= 4 is 12.4 Å². The van der Waals surface area contributed by atoms with Crippen molar-refractivity contribution in [2.75, 3.05) is 21.1 Å². The first-order valence-electron chi connectivity index (χ1n) is 6.77. The van der Waals surface area contributed by atoms with Gasteiger partial charge in [0.2, 0.25) is 0 Å². The summed E-state index contributed by atoms with van der Waals surface area (Å²) in [5, 5.41) is 0. The van der Waals surface area contributed by atoms with Crippen LogP contribution >= 0.6 is 0 Å². The van der Waals surface area contributed by atoms with E-state index >= 15 is 0 Å². The molecule has 1 aromatic carbocycles. The topological polar surface area (TPSA) is 12.5 Å². The third-order valence-corrected chi connectivity index (χ3v) is 2.83. The molecule has 1 aliphatic heterocycles. The Morgan fingerprint density at radius 2 is 1.78 bits per heavy atom. The first-order chi connectivity index (χ1) is 8.41. The zero-order valence-electron chi connectivity index (χ0n) is 12.6. The molecule has 1 aromatic rings. The van der Waals surface area contributed by atoms with Crippen LogP contribution in [0, 0.1) is 5.92 Å². The van der Waals surface area contributed by atoms with Crippen LogP contribution in [-0.2, 0) is 4.65 Å². The minimum absolute atomic E-state index is 0.273. The lowest BCUT2D eigenvalue weighted by molar-refractivity contribution is 0.194. The SMILES string of the molecule is CB1OC(CC(C)C)c2ccccc21.CN(C)C. The Bertz CT molecular complexity index is 361. The van der Waals surface area contributed by atoms with Gasteiger partial charge in [-0.3, -0.25) is 0 Å². The Hall–Kier alpha value is -0.795. The first kappa shape index (κ1) is 15.3. The normalized spacial score (nSPS) is 17.8. The predicted molar refractivity (Wildman–Crippen MR) is 80.6 cm³/mol. The molecule has 1 aliphatic rings. The van der Waals surface area contributed by atoms with Gasteiger partial charge in [0.25, 0.3) is 0 Å². The van der Waals surface area contributed by atoms with Gasteiger partial charge in [0, 0.05) is 0 Å². The molecule has 0 saturated heterocycles. The van der Waals surface area contributed by atoms with E-state index in [1.165, 1.54) is 11.0 Å². The first-order valence-corrected chi connectivity index (χ1v) is 6.77. The lowest BCUT2D eigenvalue weighted by Crippen LogP contribution is -2.23. The minimum atomic E-state index is 0.273. The van der Waals surface area contributed by atoms with Gasteiger partial charge in [-0.05, 0) is 44.5 Å². The Morgan fingerprint density at radius 1 is 1.22 bits per heavy atom. The van der Waals surface area contributed by atoms with Gasteiger partial charge in [-0.2, -0.15) is 0 Å². The minimum Gasteiger partial charge on any atom is -0.424 e. The van der Waals surface area contributed by atoms with Crippen LogP contribution in [0.1, 0.15) is 31.9 Å². The fraction of sp³-hybridized carbons (Fsp3) is 0.600. The van der Waals surface area contributed by atoms with Crippen molar-refractivity contribution in [1.82, 2.24) is 4.90 Å². The summed E-state index contributed by atoms with van der Waals surface area (Å²) >= 11 is 0. The number of hydrogen-bond acceptors (Lipinski definition) is 2. The highest BCUT2D eigenvalue weighted by Crippen LogP contribution is 2.29. The van der Waals surface area contributed by atoms with Crippen LogP contribution in [0.5, 0.6) is 0 Å². The average Bonchev–Trinajstić information content (AvgIpc) is 2.55. The van der Waals surface area contributed by atoms with Crippen LogP contribution in [-0.4, -0.2) is 33.0 Å². The van der Waals surface area contributed by atoms with Gasteiger partial charge in [0.05, 0.1) is 6.10 Å². The van der Waals surface area contributed by atoms with Crippen molar-refractivity contribution in [2.45, 2.75) is 33.2 Å². The van der Waals surface area contributed by atoms with Crippen LogP contribution in [0.15, 0.2) is 24.3 Å². The molecule has 3 heteroatoms. The largest absolute Gasteiger partial charge is 0.424 e. The van der Waals surface area contributed by atoms with Gasteiger partial charge >= 0.3 is 6.92 Å². The van der Waals surface area contributed by atoms with E-state index in [-0.39, 0.29) is 6.92 Å². The van der Waals surface area contributed by atoms with E-state index < -0.39 is 0 Å². The van der Waals surface area contributed by atoms with Crippen molar-refractivity contribution in [3.8, 4) is 0 Å². The summed E-state index contributed by atoms with van der Waals surface area (Å²) < 4.78 is 5.94. The monoisotopic (exact) mass is 247 g/mol. The molecule has 2 rings (SSSR count). The number of hydrogen-bond donors (Lipinski definition) is 0. The van der Waals surface area contributed by atoms with Crippen LogP contribution in [0.2, 0.25) is 6.82 Å². The third kappa shape index (κ3) is 4.47. The Morgan fingerprint density at radius 3 is 2.33 bits per heavy atom. The number of benzene rings is 1. The fourth-order valence-corrected chi connectivity index (χ4v) is 2.18. The van der Waals surface area contributed by atoms with E-state index in [0.29, 0.717) is 12.0 Å². The standard InChI is InChI=1S/C12H17BO.C3H9N/c1-9(2)8-12-10-6-4-5-7-11(10)13(3)14-12;1-4(2)3/h4-7,9,12H,8H2,1-3H3;1-3H3. The second-order valence-corrected chi connectivity index (χ2v) is 5.87. The molecule has 1 unspecified atom stereocenters. The summed E-state index contributed by atoms with van der Waals surface area (Å²) in [4.78, 5) is 2.00. The summed E-state index contributed by atoms with van der Waals surface area (Å²) in [5.74, 6) is 0.693. The zero-order chi connectivity index (χ0) is 13.7. The van der Waals surface area contributed by atoms with Gasteiger partial charge in [-0.15, -0.1) is 0 Å². The molecule has 1 heterocycles. The van der Waals surface area contributed by atoms with Crippen molar-refractivity contribution < 1.29 is 4.65 Å². The average molecular weight is 247 g/mol. The van der Waals surface area contributed by atoms with E-state index in [1.807, 2.05) is 26.0 Å². The summed E-state index contributed by atoms with van der Waals surface area (Å²) in [6.45, 7) is 6.90. The summed E-state index contributed by atoms with van der Waals surface area (Å²) in [7, 11) is 6.00. The van der Waals surface area contributed by atoms with Gasteiger partial charge in [-0.25, -0.2) is 0 Å². The van der Waals surface area contributed by atoms with Gasteiger partial charge in [0.15, 0.2) is 0 Å². The molecule has 18 heavy (non-hydrogen) atoms. The highest BCUT2D eigenvalue weighted by molar-refractivity contribution is 6.67. The molecule has 100 valence electrons. The van der Waals surface area contributed by atoms with Crippen molar-refractivity contribution in [3.05, 3.63) is 29.8 Å². The molecule has 0 saturated carbocycles. The van der Waals surface area contributed by atoms with E-state index in [1.54, 1.807) is 0 Å². The molecule has 0 spiro atoms. The molecule has 0 aliphatic carbocycles. The molecule has 0 amide bonds. The second kappa shape index (κ2) is 6.96. The van der Waals surface area contributed by atoms with Crippen molar-refractivity contribution in [2.24, 2.45) is 5.92 Å². The lowest BCUT2D eigenvalue weighted by atomic mass is 9.64. The highest BCUT2D eigenvalue weighted by atomic mass is 16.5. The third-order valence-electron chi connectivity index (χ3n) is 2.83. The zero-order valence-corrected chi connectivity index (χ0v) is 12.6. The van der Waals surface area contributed by atoms with Crippen molar-refractivity contribution in [3.63, 3.8) is 0 Å². The number of nitrogens with zero attached hydrogens (tertiary/aromatic N) is 1. The maximum Gasteiger partial charge on any atom is 0.324 e. The Balaban J connectivity index is 0.000000357. The van der Waals surface area contributed by atoms with Crippen LogP contribution < -0.4 is 5.46 Å². The molecule has 0 aromatic heterocycles. The van der Waals surface area contributed by atoms with Crippen LogP contribution in [0.25, 0.3) is 0 Å². The highest BCUT2D eigenvalue weighted by Gasteiger charge is 2.31. The molecule has 2 nitrogen and oxygen atoms in total. The molecule has 0 N–H and O–H groups in total. The number of rotatable bonds is 2. The van der Waals surface area contributed by atoms with E-state index in [0.717, 1.165) is 6.42 Å². The quantitative estimate of drug-likeness (QED) is 0.745. The van der Waals surface area contributed by atoms with Gasteiger partial charge < -0.3 is 9.55 Å². The lowest BCUT2D eigenvalue weighted by Gasteiger charge is -2.14. The smallest absolute Gasteiger partial charge is 0.324 e. The molecular weight excluding hydrogens is 221 g/mol. The fourth-order valence-electron chi connectivity index (χ4n) is 2.18. The maximum absolute atomic E-state index is 5.94. The number of fused-ring (bicyclic) bond motifs is 1.